The number of nitrogens with zero attached hydrogens (tertiary/aromatic N) is 4. The molecule has 0 unspecified atom stereocenters. The van der Waals surface area contributed by atoms with Crippen LogP contribution in [0.2, 0.25) is 0 Å². The summed E-state index contributed by atoms with van der Waals surface area (Å²) in [5.41, 5.74) is 6.13. The molecule has 0 bridgehead atoms. The summed E-state index contributed by atoms with van der Waals surface area (Å²) in [5, 5.41) is 10.4. The molecule has 3 N–H and O–H groups in total. The van der Waals surface area contributed by atoms with Crippen LogP contribution in [0.5, 0.6) is 0 Å². The largest absolute Gasteiger partial charge is 0.396 e. The van der Waals surface area contributed by atoms with Gasteiger partial charge in [-0.05, 0) is 0 Å². The Labute approximate surface area is 68.4 Å². The first-order valence-electron chi connectivity index (χ1n) is 3.47. The highest BCUT2D eigenvalue weighted by atomic mass is 15.3. The fourth-order valence-corrected chi connectivity index (χ4v) is 0.926. The van der Waals surface area contributed by atoms with Crippen molar-refractivity contribution in [3.8, 4) is 0 Å². The van der Waals surface area contributed by atoms with E-state index in [2.05, 4.69) is 20.3 Å². The highest BCUT2D eigenvalue weighted by Crippen LogP contribution is 1.99. The van der Waals surface area contributed by atoms with Crippen molar-refractivity contribution in [2.75, 3.05) is 5.73 Å². The summed E-state index contributed by atoms with van der Waals surface area (Å²) in [6.07, 6.45) is 4.79. The molecule has 2 heterocycles. The number of H-pyrrole nitrogens is 1. The van der Waals surface area contributed by atoms with E-state index < -0.39 is 0 Å². The van der Waals surface area contributed by atoms with Gasteiger partial charge in [0.15, 0.2) is 0 Å². The van der Waals surface area contributed by atoms with Gasteiger partial charge in [-0.3, -0.25) is 9.78 Å². The Morgan fingerprint density at radius 2 is 2.50 bits per heavy atom. The van der Waals surface area contributed by atoms with E-state index in [-0.39, 0.29) is 0 Å². The van der Waals surface area contributed by atoms with E-state index in [0.29, 0.717) is 12.2 Å². The third kappa shape index (κ3) is 1.26. The minimum absolute atomic E-state index is 0.567. The first-order valence-corrected chi connectivity index (χ1v) is 3.47. The quantitative estimate of drug-likeness (QED) is 0.634. The van der Waals surface area contributed by atoms with Crippen LogP contribution in [-0.2, 0) is 6.54 Å². The molecule has 12 heavy (non-hydrogen) atoms. The maximum atomic E-state index is 5.48. The summed E-state index contributed by atoms with van der Waals surface area (Å²) in [7, 11) is 0. The van der Waals surface area contributed by atoms with Gasteiger partial charge in [-0.1, -0.05) is 0 Å². The molecule has 2 aromatic heterocycles. The molecule has 0 saturated carbocycles. The number of aromatic nitrogens is 5. The number of nitrogens with two attached hydrogens (primary N) is 1. The van der Waals surface area contributed by atoms with Crippen molar-refractivity contribution in [3.63, 3.8) is 0 Å². The Morgan fingerprint density at radius 3 is 3.08 bits per heavy atom. The van der Waals surface area contributed by atoms with E-state index in [1.165, 1.54) is 6.33 Å². The summed E-state index contributed by atoms with van der Waals surface area (Å²) in [5.74, 6) is 0.762. The maximum absolute atomic E-state index is 5.48. The molecule has 0 fully saturated rings. The monoisotopic (exact) mass is 164 g/mol. The first kappa shape index (κ1) is 6.84. The zero-order chi connectivity index (χ0) is 8.39. The number of hydrogen-bond acceptors (Lipinski definition) is 4. The van der Waals surface area contributed by atoms with Crippen LogP contribution in [0.4, 0.5) is 5.69 Å². The molecule has 2 rings (SSSR count). The maximum Gasteiger partial charge on any atom is 0.145 e. The van der Waals surface area contributed by atoms with Gasteiger partial charge >= 0.3 is 0 Å². The molecule has 0 radical (unpaired) electrons. The van der Waals surface area contributed by atoms with Crippen LogP contribution in [0.3, 0.4) is 0 Å². The number of nitrogens with one attached hydrogen (secondary N) is 1. The zero-order valence-corrected chi connectivity index (χ0v) is 6.31. The lowest BCUT2D eigenvalue weighted by molar-refractivity contribution is 0.658. The third-order valence-electron chi connectivity index (χ3n) is 1.43. The minimum atomic E-state index is 0.567. The predicted octanol–water partition coefficient (Wildman–Crippen LogP) is -0.368. The van der Waals surface area contributed by atoms with E-state index in [9.17, 15) is 0 Å². The molecular formula is C6H8N6. The van der Waals surface area contributed by atoms with E-state index >= 15 is 0 Å². The van der Waals surface area contributed by atoms with E-state index in [0.717, 1.165) is 5.82 Å². The average molecular weight is 164 g/mol. The molecule has 2 aromatic rings. The van der Waals surface area contributed by atoms with E-state index in [1.54, 1.807) is 17.1 Å². The molecular weight excluding hydrogens is 156 g/mol. The molecule has 0 aliphatic rings. The number of nitrogen functional groups attached to an aromatic ring is 1. The van der Waals surface area contributed by atoms with Crippen LogP contribution in [0.1, 0.15) is 5.82 Å². The van der Waals surface area contributed by atoms with Crippen LogP contribution in [-0.4, -0.2) is 25.0 Å². The Balaban J connectivity index is 2.14. The molecule has 62 valence electrons. The van der Waals surface area contributed by atoms with Crippen molar-refractivity contribution in [3.05, 3.63) is 24.5 Å². The van der Waals surface area contributed by atoms with Crippen molar-refractivity contribution in [1.29, 1.82) is 0 Å². The predicted molar refractivity (Wildman–Crippen MR) is 42.1 cm³/mol. The molecule has 6 heteroatoms. The molecule has 6 nitrogen and oxygen atoms in total. The zero-order valence-electron chi connectivity index (χ0n) is 6.31. The van der Waals surface area contributed by atoms with E-state index in [1.807, 2.05) is 0 Å². The number of aromatic amines is 1. The second-order valence-electron chi connectivity index (χ2n) is 2.40. The van der Waals surface area contributed by atoms with Crippen molar-refractivity contribution in [1.82, 2.24) is 25.0 Å². The lowest BCUT2D eigenvalue weighted by atomic mass is 10.6. The van der Waals surface area contributed by atoms with Gasteiger partial charge in [0.1, 0.15) is 18.7 Å². The van der Waals surface area contributed by atoms with Crippen molar-refractivity contribution < 1.29 is 0 Å². The normalized spacial score (nSPS) is 10.3. The first-order chi connectivity index (χ1) is 5.84. The molecule has 0 atom stereocenters. The number of hydrogen-bond donors (Lipinski definition) is 2. The van der Waals surface area contributed by atoms with E-state index in [4.69, 9.17) is 5.73 Å². The van der Waals surface area contributed by atoms with Gasteiger partial charge in [0.05, 0.1) is 11.9 Å². The van der Waals surface area contributed by atoms with Gasteiger partial charge in [0.2, 0.25) is 0 Å². The standard InChI is InChI=1S/C6H8N6/c7-5-1-10-12(2-5)3-6-8-4-9-11-6/h1-2,4H,3,7H2,(H,8,9,11). The fraction of sp³-hybridized carbons (Fsp3) is 0.167. The summed E-state index contributed by atoms with van der Waals surface area (Å²) in [6, 6.07) is 0. The topological polar surface area (TPSA) is 85.4 Å². The molecule has 0 aliphatic heterocycles. The van der Waals surface area contributed by atoms with Gasteiger partial charge in [-0.25, -0.2) is 4.98 Å². The summed E-state index contributed by atoms with van der Waals surface area (Å²) < 4.78 is 1.69. The number of anilines is 1. The van der Waals surface area contributed by atoms with Crippen molar-refractivity contribution >= 4 is 5.69 Å². The van der Waals surface area contributed by atoms with Gasteiger partial charge in [-0.15, -0.1) is 0 Å². The summed E-state index contributed by atoms with van der Waals surface area (Å²) in [6.45, 7) is 0.567. The lowest BCUT2D eigenvalue weighted by Gasteiger charge is -1.94. The van der Waals surface area contributed by atoms with Crippen LogP contribution in [0, 0.1) is 0 Å². The van der Waals surface area contributed by atoms with Gasteiger partial charge in [-0.2, -0.15) is 10.2 Å². The molecule has 0 saturated heterocycles. The molecule has 0 amide bonds. The van der Waals surface area contributed by atoms with Crippen molar-refractivity contribution in [2.45, 2.75) is 6.54 Å². The molecule has 0 aromatic carbocycles. The fourth-order valence-electron chi connectivity index (χ4n) is 0.926. The van der Waals surface area contributed by atoms with Crippen molar-refractivity contribution in [2.24, 2.45) is 0 Å². The smallest absolute Gasteiger partial charge is 0.145 e. The van der Waals surface area contributed by atoms with Crippen LogP contribution in [0.25, 0.3) is 0 Å². The highest BCUT2D eigenvalue weighted by molar-refractivity contribution is 5.30. The average Bonchev–Trinajstić information content (AvgIpc) is 2.63. The van der Waals surface area contributed by atoms with Crippen LogP contribution in [0.15, 0.2) is 18.7 Å². The Bertz CT molecular complexity index is 348. The second kappa shape index (κ2) is 2.65. The summed E-state index contributed by atoms with van der Waals surface area (Å²) in [4.78, 5) is 3.95. The third-order valence-corrected chi connectivity index (χ3v) is 1.43. The lowest BCUT2D eigenvalue weighted by Crippen LogP contribution is -2.01. The van der Waals surface area contributed by atoms with Gasteiger partial charge in [0.25, 0.3) is 0 Å². The number of rotatable bonds is 2. The molecule has 0 aliphatic carbocycles. The SMILES string of the molecule is Nc1cnn(Cc2ncn[nH]2)c1. The van der Waals surface area contributed by atoms with Crippen LogP contribution < -0.4 is 5.73 Å². The summed E-state index contributed by atoms with van der Waals surface area (Å²) >= 11 is 0. The highest BCUT2D eigenvalue weighted by Gasteiger charge is 1.97. The Morgan fingerprint density at radius 1 is 1.58 bits per heavy atom. The van der Waals surface area contributed by atoms with Gasteiger partial charge in [0, 0.05) is 6.20 Å². The minimum Gasteiger partial charge on any atom is -0.396 e. The second-order valence-corrected chi connectivity index (χ2v) is 2.40. The van der Waals surface area contributed by atoms with Gasteiger partial charge < -0.3 is 5.73 Å². The Kier molecular flexibility index (Phi) is 1.51. The Hall–Kier alpha value is -1.85. The molecule has 0 spiro atoms. The van der Waals surface area contributed by atoms with Crippen LogP contribution >= 0.6 is 0 Å².